The minimum atomic E-state index is -3.16. The van der Waals surface area contributed by atoms with Gasteiger partial charge in [0.2, 0.25) is 12.3 Å². The zero-order valence-electron chi connectivity index (χ0n) is 16.3. The summed E-state index contributed by atoms with van der Waals surface area (Å²) in [5, 5.41) is 19.8. The average molecular weight is 433 g/mol. The Kier molecular flexibility index (Phi) is 7.76. The fourth-order valence-electron chi connectivity index (χ4n) is 2.37. The van der Waals surface area contributed by atoms with Gasteiger partial charge in [-0.2, -0.15) is 5.26 Å². The van der Waals surface area contributed by atoms with Crippen LogP contribution >= 0.6 is 11.6 Å². The van der Waals surface area contributed by atoms with E-state index in [1.54, 1.807) is 18.2 Å². The zero-order chi connectivity index (χ0) is 21.4. The van der Waals surface area contributed by atoms with Crippen molar-refractivity contribution in [2.24, 2.45) is 0 Å². The highest BCUT2D eigenvalue weighted by Gasteiger charge is 2.08. The fourth-order valence-corrected chi connectivity index (χ4v) is 3.20. The van der Waals surface area contributed by atoms with E-state index in [9.17, 15) is 8.42 Å². The van der Waals surface area contributed by atoms with Crippen LogP contribution in [0.25, 0.3) is 11.5 Å². The fraction of sp³-hybridized carbons (Fsp3) is 0.250. The van der Waals surface area contributed by atoms with Crippen LogP contribution in [0.2, 0.25) is 5.02 Å². The number of hydrogen-bond donors (Lipinski definition) is 1. The molecule has 1 N–H and O–H groups in total. The Morgan fingerprint density at radius 2 is 1.90 bits per heavy atom. The summed E-state index contributed by atoms with van der Waals surface area (Å²) in [6.07, 6.45) is 3.45. The highest BCUT2D eigenvalue weighted by molar-refractivity contribution is 7.90. The topological polar surface area (TPSA) is 109 Å². The molecular formula is C20H21ClN4O3S. The van der Waals surface area contributed by atoms with Gasteiger partial charge in [-0.05, 0) is 55.3 Å². The Morgan fingerprint density at radius 3 is 2.41 bits per heavy atom. The molecule has 0 saturated carbocycles. The SMILES string of the molecule is CCCNc1ccc(C#N)c(Cl)c1C.CS(=O)(=O)c1ccc(-c2nnco2)cc1. The van der Waals surface area contributed by atoms with E-state index in [1.165, 1.54) is 18.5 Å². The van der Waals surface area contributed by atoms with Crippen LogP contribution < -0.4 is 5.32 Å². The van der Waals surface area contributed by atoms with Gasteiger partial charge in [0.05, 0.1) is 15.5 Å². The minimum Gasteiger partial charge on any atom is -0.423 e. The third kappa shape index (κ3) is 6.04. The summed E-state index contributed by atoms with van der Waals surface area (Å²) in [5.74, 6) is 0.370. The molecule has 0 aliphatic carbocycles. The van der Waals surface area contributed by atoms with E-state index in [1.807, 2.05) is 13.0 Å². The Morgan fingerprint density at radius 1 is 1.21 bits per heavy atom. The lowest BCUT2D eigenvalue weighted by Gasteiger charge is -2.10. The predicted octanol–water partition coefficient (Wildman–Crippen LogP) is 4.48. The van der Waals surface area contributed by atoms with E-state index < -0.39 is 9.84 Å². The number of hydrogen-bond acceptors (Lipinski definition) is 7. The standard InChI is InChI=1S/C11H13ClN2.C9H8N2O3S/c1-3-6-14-10-5-4-9(7-13)11(12)8(10)2;1-15(12,13)8-4-2-7(3-5-8)9-11-10-6-14-9/h4-5,14H,3,6H2,1-2H3;2-6H,1H3. The van der Waals surface area contributed by atoms with Crippen molar-refractivity contribution in [1.29, 1.82) is 5.26 Å². The molecule has 0 unspecified atom stereocenters. The number of nitrogens with one attached hydrogen (secondary N) is 1. The van der Waals surface area contributed by atoms with Gasteiger partial charge >= 0.3 is 0 Å². The molecule has 0 fully saturated rings. The van der Waals surface area contributed by atoms with Gasteiger partial charge in [0.25, 0.3) is 0 Å². The van der Waals surface area contributed by atoms with Gasteiger partial charge in [-0.15, -0.1) is 10.2 Å². The van der Waals surface area contributed by atoms with Crippen LogP contribution in [0, 0.1) is 18.3 Å². The number of anilines is 1. The van der Waals surface area contributed by atoms with Crippen LogP contribution in [0.4, 0.5) is 5.69 Å². The minimum absolute atomic E-state index is 0.269. The lowest BCUT2D eigenvalue weighted by Crippen LogP contribution is -2.02. The quantitative estimate of drug-likeness (QED) is 0.632. The highest BCUT2D eigenvalue weighted by atomic mass is 35.5. The molecule has 0 bridgehead atoms. The maximum Gasteiger partial charge on any atom is 0.247 e. The van der Waals surface area contributed by atoms with Crippen molar-refractivity contribution >= 4 is 27.1 Å². The van der Waals surface area contributed by atoms with E-state index in [0.717, 1.165) is 30.5 Å². The molecule has 0 saturated heterocycles. The molecule has 9 heteroatoms. The Labute approximate surface area is 175 Å². The first-order valence-corrected chi connectivity index (χ1v) is 11.0. The molecule has 0 aliphatic heterocycles. The average Bonchev–Trinajstić information content (AvgIpc) is 3.24. The molecular weight excluding hydrogens is 412 g/mol. The Bertz CT molecular complexity index is 1090. The molecule has 0 aliphatic rings. The molecule has 1 aromatic heterocycles. The maximum absolute atomic E-state index is 11.2. The van der Waals surface area contributed by atoms with E-state index in [2.05, 4.69) is 28.5 Å². The van der Waals surface area contributed by atoms with Gasteiger partial charge in [0, 0.05) is 24.1 Å². The van der Waals surface area contributed by atoms with Crippen LogP contribution in [-0.4, -0.2) is 31.4 Å². The predicted molar refractivity (Wildman–Crippen MR) is 113 cm³/mol. The number of nitrogens with zero attached hydrogens (tertiary/aromatic N) is 3. The number of halogens is 1. The molecule has 1 heterocycles. The largest absolute Gasteiger partial charge is 0.423 e. The van der Waals surface area contributed by atoms with Crippen molar-refractivity contribution in [1.82, 2.24) is 10.2 Å². The van der Waals surface area contributed by atoms with Crippen LogP contribution in [0.5, 0.6) is 0 Å². The van der Waals surface area contributed by atoms with Crippen molar-refractivity contribution < 1.29 is 12.8 Å². The van der Waals surface area contributed by atoms with Crippen LogP contribution in [-0.2, 0) is 9.84 Å². The number of rotatable bonds is 5. The molecule has 0 radical (unpaired) electrons. The summed E-state index contributed by atoms with van der Waals surface area (Å²) in [4.78, 5) is 0.269. The first-order chi connectivity index (χ1) is 13.8. The third-order valence-electron chi connectivity index (χ3n) is 3.96. The second-order valence-electron chi connectivity index (χ2n) is 6.18. The molecule has 2 aromatic carbocycles. The number of sulfone groups is 1. The summed E-state index contributed by atoms with van der Waals surface area (Å²) in [5.41, 5.74) is 3.18. The summed E-state index contributed by atoms with van der Waals surface area (Å²) in [7, 11) is -3.16. The lowest BCUT2D eigenvalue weighted by molar-refractivity contribution is 0.568. The summed E-state index contributed by atoms with van der Waals surface area (Å²) < 4.78 is 27.3. The molecule has 3 rings (SSSR count). The number of nitriles is 1. The molecule has 0 spiro atoms. The van der Waals surface area contributed by atoms with Crippen molar-refractivity contribution in [2.45, 2.75) is 25.2 Å². The first kappa shape index (κ1) is 22.4. The second kappa shape index (κ2) is 10.0. The van der Waals surface area contributed by atoms with Crippen molar-refractivity contribution in [3.8, 4) is 17.5 Å². The van der Waals surface area contributed by atoms with Gasteiger partial charge in [-0.1, -0.05) is 18.5 Å². The Hall–Kier alpha value is -2.89. The second-order valence-corrected chi connectivity index (χ2v) is 8.57. The van der Waals surface area contributed by atoms with Crippen molar-refractivity contribution in [3.63, 3.8) is 0 Å². The van der Waals surface area contributed by atoms with Gasteiger partial charge in [0.15, 0.2) is 9.84 Å². The first-order valence-electron chi connectivity index (χ1n) is 8.77. The monoisotopic (exact) mass is 432 g/mol. The number of benzene rings is 2. The van der Waals surface area contributed by atoms with E-state index in [4.69, 9.17) is 21.3 Å². The van der Waals surface area contributed by atoms with Gasteiger partial charge in [-0.25, -0.2) is 8.42 Å². The molecule has 3 aromatic rings. The summed E-state index contributed by atoms with van der Waals surface area (Å²) in [6, 6.07) is 12.0. The zero-order valence-corrected chi connectivity index (χ0v) is 17.9. The van der Waals surface area contributed by atoms with Gasteiger partial charge in [0.1, 0.15) is 6.07 Å². The van der Waals surface area contributed by atoms with Crippen LogP contribution in [0.1, 0.15) is 24.5 Å². The summed E-state index contributed by atoms with van der Waals surface area (Å²) in [6.45, 7) is 4.94. The molecule has 152 valence electrons. The smallest absolute Gasteiger partial charge is 0.247 e. The third-order valence-corrected chi connectivity index (χ3v) is 5.58. The Balaban J connectivity index is 0.000000208. The normalized spacial score (nSPS) is 10.6. The molecule has 29 heavy (non-hydrogen) atoms. The van der Waals surface area contributed by atoms with Gasteiger partial charge < -0.3 is 9.73 Å². The number of aromatic nitrogens is 2. The van der Waals surface area contributed by atoms with Crippen molar-refractivity contribution in [3.05, 3.63) is 58.9 Å². The summed E-state index contributed by atoms with van der Waals surface area (Å²) >= 11 is 6.01. The van der Waals surface area contributed by atoms with E-state index >= 15 is 0 Å². The highest BCUT2D eigenvalue weighted by Crippen LogP contribution is 2.26. The van der Waals surface area contributed by atoms with Crippen molar-refractivity contribution in [2.75, 3.05) is 18.1 Å². The lowest BCUT2D eigenvalue weighted by atomic mass is 10.1. The maximum atomic E-state index is 11.2. The molecule has 7 nitrogen and oxygen atoms in total. The molecule has 0 atom stereocenters. The van der Waals surface area contributed by atoms with E-state index in [0.29, 0.717) is 22.0 Å². The van der Waals surface area contributed by atoms with Crippen LogP contribution in [0.15, 0.2) is 52.1 Å². The van der Waals surface area contributed by atoms with Crippen LogP contribution in [0.3, 0.4) is 0 Å². The molecule has 0 amide bonds. The van der Waals surface area contributed by atoms with E-state index in [-0.39, 0.29) is 4.90 Å². The van der Waals surface area contributed by atoms with Gasteiger partial charge in [-0.3, -0.25) is 0 Å².